The minimum atomic E-state index is -4.04. The van der Waals surface area contributed by atoms with E-state index in [0.717, 1.165) is 0 Å². The average Bonchev–Trinajstić information content (AvgIpc) is 1.99. The molecule has 0 aromatic carbocycles. The lowest BCUT2D eigenvalue weighted by molar-refractivity contribution is -0.135. The predicted molar refractivity (Wildman–Crippen MR) is 58.8 cm³/mol. The molecule has 0 spiro atoms. The Morgan fingerprint density at radius 3 is 2.33 bits per heavy atom. The highest BCUT2D eigenvalue weighted by Crippen LogP contribution is 2.21. The highest BCUT2D eigenvalue weighted by atomic mass is 32.1. The monoisotopic (exact) mass is 242 g/mol. The summed E-state index contributed by atoms with van der Waals surface area (Å²) in [6.45, 7) is 4.36. The van der Waals surface area contributed by atoms with Crippen LogP contribution in [0, 0.1) is 0 Å². The van der Waals surface area contributed by atoms with E-state index in [-0.39, 0.29) is 12.5 Å². The van der Waals surface area contributed by atoms with E-state index in [1.54, 1.807) is 0 Å². The quantitative estimate of drug-likeness (QED) is 0.572. The third-order valence-electron chi connectivity index (χ3n) is 1.59. The van der Waals surface area contributed by atoms with Gasteiger partial charge in [-0.25, -0.2) is 0 Å². The van der Waals surface area contributed by atoms with Crippen LogP contribution in [0.1, 0.15) is 33.1 Å². The Balaban J connectivity index is 3.35. The molecule has 15 heavy (non-hydrogen) atoms. The van der Waals surface area contributed by atoms with Crippen molar-refractivity contribution in [3.05, 3.63) is 0 Å². The molecular weight excluding hydrogens is 225 g/mol. The summed E-state index contributed by atoms with van der Waals surface area (Å²) in [6, 6.07) is 0.236. The zero-order chi connectivity index (χ0) is 11.9. The second-order valence-corrected chi connectivity index (χ2v) is 4.04. The third-order valence-corrected chi connectivity index (χ3v) is 1.85. The molecule has 0 aliphatic carbocycles. The van der Waals surface area contributed by atoms with Gasteiger partial charge in [-0.3, -0.25) is 0 Å². The number of unbranched alkanes of at least 4 members (excludes halogenated alkanes) is 1. The van der Waals surface area contributed by atoms with Crippen LogP contribution in [-0.4, -0.2) is 23.9 Å². The fraction of sp³-hybridized carbons (Fsp3) is 0.889. The molecule has 0 aromatic heterocycles. The molecule has 0 heterocycles. The van der Waals surface area contributed by atoms with Crippen LogP contribution in [0.15, 0.2) is 0 Å². The molecule has 0 radical (unpaired) electrons. The van der Waals surface area contributed by atoms with E-state index in [1.165, 1.54) is 0 Å². The molecule has 0 atom stereocenters. The van der Waals surface area contributed by atoms with Gasteiger partial charge in [0.05, 0.1) is 0 Å². The van der Waals surface area contributed by atoms with E-state index in [2.05, 4.69) is 10.6 Å². The van der Waals surface area contributed by atoms with Crippen molar-refractivity contribution in [1.82, 2.24) is 10.6 Å². The summed E-state index contributed by atoms with van der Waals surface area (Å²) in [4.78, 5) is 0. The van der Waals surface area contributed by atoms with Gasteiger partial charge in [-0.2, -0.15) is 13.2 Å². The SMILES string of the molecule is CC(C)NC(=S)NCCCCC(F)(F)F. The molecule has 0 saturated carbocycles. The van der Waals surface area contributed by atoms with Crippen LogP contribution >= 0.6 is 12.2 Å². The summed E-state index contributed by atoms with van der Waals surface area (Å²) >= 11 is 4.91. The van der Waals surface area contributed by atoms with Crippen molar-refractivity contribution >= 4 is 17.3 Å². The smallest absolute Gasteiger partial charge is 0.363 e. The summed E-state index contributed by atoms with van der Waals surface area (Å²) in [6.07, 6.45) is -4.16. The van der Waals surface area contributed by atoms with Crippen LogP contribution in [0.3, 0.4) is 0 Å². The molecule has 2 nitrogen and oxygen atoms in total. The van der Waals surface area contributed by atoms with Crippen LogP contribution in [-0.2, 0) is 0 Å². The number of nitrogens with one attached hydrogen (secondary N) is 2. The molecule has 0 aliphatic heterocycles. The molecule has 6 heteroatoms. The van der Waals surface area contributed by atoms with E-state index in [1.807, 2.05) is 13.8 Å². The Labute approximate surface area is 93.6 Å². The van der Waals surface area contributed by atoms with Gasteiger partial charge in [0, 0.05) is 19.0 Å². The lowest BCUT2D eigenvalue weighted by Gasteiger charge is -2.13. The van der Waals surface area contributed by atoms with Gasteiger partial charge >= 0.3 is 6.18 Å². The maximum Gasteiger partial charge on any atom is 0.389 e. The first-order chi connectivity index (χ1) is 6.81. The molecule has 0 aromatic rings. The normalized spacial score (nSPS) is 11.6. The van der Waals surface area contributed by atoms with Gasteiger partial charge in [-0.15, -0.1) is 0 Å². The van der Waals surface area contributed by atoms with Crippen LogP contribution in [0.4, 0.5) is 13.2 Å². The van der Waals surface area contributed by atoms with Gasteiger partial charge in [0.1, 0.15) is 0 Å². The third kappa shape index (κ3) is 11.4. The first-order valence-electron chi connectivity index (χ1n) is 4.92. The second kappa shape index (κ2) is 6.87. The topological polar surface area (TPSA) is 24.1 Å². The Morgan fingerprint density at radius 1 is 1.27 bits per heavy atom. The molecule has 0 fully saturated rings. The first-order valence-corrected chi connectivity index (χ1v) is 5.33. The van der Waals surface area contributed by atoms with Gasteiger partial charge in [0.2, 0.25) is 0 Å². The molecule has 0 rings (SSSR count). The molecular formula is C9H17F3N2S. The Kier molecular flexibility index (Phi) is 6.63. The molecule has 2 N–H and O–H groups in total. The van der Waals surface area contributed by atoms with Crippen molar-refractivity contribution in [2.45, 2.75) is 45.3 Å². The lowest BCUT2D eigenvalue weighted by atomic mass is 10.2. The summed E-state index contributed by atoms with van der Waals surface area (Å²) in [5, 5.41) is 6.30. The van der Waals surface area contributed by atoms with Gasteiger partial charge < -0.3 is 10.6 Å². The van der Waals surface area contributed by atoms with Crippen LogP contribution < -0.4 is 10.6 Å². The summed E-state index contributed by atoms with van der Waals surface area (Å²) in [5.74, 6) is 0. The van der Waals surface area contributed by atoms with Crippen LogP contribution in [0.25, 0.3) is 0 Å². The fourth-order valence-corrected chi connectivity index (χ4v) is 1.30. The minimum Gasteiger partial charge on any atom is -0.363 e. The second-order valence-electron chi connectivity index (χ2n) is 3.63. The van der Waals surface area contributed by atoms with E-state index in [4.69, 9.17) is 12.2 Å². The van der Waals surface area contributed by atoms with E-state index < -0.39 is 12.6 Å². The Morgan fingerprint density at radius 2 is 1.87 bits per heavy atom. The number of hydrogen-bond donors (Lipinski definition) is 2. The summed E-state index contributed by atoms with van der Waals surface area (Å²) in [7, 11) is 0. The van der Waals surface area contributed by atoms with E-state index >= 15 is 0 Å². The maximum atomic E-state index is 11.8. The molecule has 0 amide bonds. The standard InChI is InChI=1S/C9H17F3N2S/c1-7(2)14-8(15)13-6-4-3-5-9(10,11)12/h7H,3-6H2,1-2H3,(H2,13,14,15). The van der Waals surface area contributed by atoms with E-state index in [0.29, 0.717) is 18.1 Å². The van der Waals surface area contributed by atoms with Gasteiger partial charge in [-0.1, -0.05) is 0 Å². The molecule has 0 saturated heterocycles. The van der Waals surface area contributed by atoms with Gasteiger partial charge in [0.15, 0.2) is 5.11 Å². The maximum absolute atomic E-state index is 11.8. The lowest BCUT2D eigenvalue weighted by Crippen LogP contribution is -2.39. The summed E-state index contributed by atoms with van der Waals surface area (Å²) in [5.41, 5.74) is 0. The van der Waals surface area contributed by atoms with Gasteiger partial charge in [0.25, 0.3) is 0 Å². The summed E-state index contributed by atoms with van der Waals surface area (Å²) < 4.78 is 35.3. The van der Waals surface area contributed by atoms with Crippen LogP contribution in [0.5, 0.6) is 0 Å². The number of halogens is 3. The van der Waals surface area contributed by atoms with Crippen molar-refractivity contribution in [3.63, 3.8) is 0 Å². The van der Waals surface area contributed by atoms with Crippen molar-refractivity contribution in [3.8, 4) is 0 Å². The molecule has 0 bridgehead atoms. The Hall–Kier alpha value is -0.520. The number of hydrogen-bond acceptors (Lipinski definition) is 1. The van der Waals surface area contributed by atoms with Gasteiger partial charge in [-0.05, 0) is 38.9 Å². The first kappa shape index (κ1) is 14.5. The zero-order valence-corrected chi connectivity index (χ0v) is 9.76. The Bertz CT molecular complexity index is 192. The van der Waals surface area contributed by atoms with Crippen molar-refractivity contribution < 1.29 is 13.2 Å². The minimum absolute atomic E-state index is 0.140. The van der Waals surface area contributed by atoms with Crippen molar-refractivity contribution in [2.75, 3.05) is 6.54 Å². The largest absolute Gasteiger partial charge is 0.389 e. The predicted octanol–water partition coefficient (Wildman–Crippen LogP) is 2.59. The van der Waals surface area contributed by atoms with Crippen LogP contribution in [0.2, 0.25) is 0 Å². The molecule has 0 unspecified atom stereocenters. The fourth-order valence-electron chi connectivity index (χ4n) is 0.966. The average molecular weight is 242 g/mol. The number of rotatable bonds is 5. The number of alkyl halides is 3. The highest BCUT2D eigenvalue weighted by molar-refractivity contribution is 7.80. The molecule has 0 aliphatic rings. The highest BCUT2D eigenvalue weighted by Gasteiger charge is 2.25. The number of thiocarbonyl (C=S) groups is 1. The molecule has 90 valence electrons. The van der Waals surface area contributed by atoms with E-state index in [9.17, 15) is 13.2 Å². The van der Waals surface area contributed by atoms with Crippen molar-refractivity contribution in [1.29, 1.82) is 0 Å². The zero-order valence-electron chi connectivity index (χ0n) is 8.95. The van der Waals surface area contributed by atoms with Crippen molar-refractivity contribution in [2.24, 2.45) is 0 Å².